The van der Waals surface area contributed by atoms with Gasteiger partial charge in [-0.05, 0) is 37.1 Å². The van der Waals surface area contributed by atoms with Crippen molar-refractivity contribution in [3.63, 3.8) is 0 Å². The molecule has 1 heterocycles. The first-order valence-electron chi connectivity index (χ1n) is 10.3. The van der Waals surface area contributed by atoms with Crippen LogP contribution in [0, 0.1) is 0 Å². The van der Waals surface area contributed by atoms with E-state index < -0.39 is 0 Å². The van der Waals surface area contributed by atoms with Crippen LogP contribution in [0.2, 0.25) is 0 Å². The first kappa shape index (κ1) is 20.4. The van der Waals surface area contributed by atoms with E-state index in [1.807, 2.05) is 36.7 Å². The van der Waals surface area contributed by atoms with E-state index in [0.717, 1.165) is 29.1 Å². The quantitative estimate of drug-likeness (QED) is 0.379. The van der Waals surface area contributed by atoms with Gasteiger partial charge in [0, 0.05) is 11.8 Å². The maximum absolute atomic E-state index is 5.19. The maximum Gasteiger partial charge on any atom is 0.118 e. The van der Waals surface area contributed by atoms with Crippen LogP contribution in [-0.4, -0.2) is 17.1 Å². The minimum Gasteiger partial charge on any atom is -0.497 e. The summed E-state index contributed by atoms with van der Waals surface area (Å²) in [5.74, 6) is 0.860. The van der Waals surface area contributed by atoms with E-state index in [1.54, 1.807) is 7.11 Å². The Hall–Kier alpha value is -1.90. The average Bonchev–Trinajstić information content (AvgIpc) is 2.70. The number of unbranched alkanes of at least 4 members (excludes halogenated alkanes) is 9. The van der Waals surface area contributed by atoms with Crippen LogP contribution in [0.25, 0.3) is 11.3 Å². The van der Waals surface area contributed by atoms with Crippen LogP contribution in [0.5, 0.6) is 5.75 Å². The number of hydrogen-bond acceptors (Lipinski definition) is 3. The summed E-state index contributed by atoms with van der Waals surface area (Å²) in [5, 5.41) is 0. The molecule has 0 aliphatic rings. The standard InChI is InChI=1S/C23H34N2O/c1-3-4-5-6-7-8-9-10-11-12-13-21-18-25-23(19-24-21)20-14-16-22(26-2)17-15-20/h14-19H,3-13H2,1-2H3. The van der Waals surface area contributed by atoms with Gasteiger partial charge in [-0.25, -0.2) is 0 Å². The van der Waals surface area contributed by atoms with Gasteiger partial charge in [-0.15, -0.1) is 0 Å². The van der Waals surface area contributed by atoms with Crippen LogP contribution < -0.4 is 4.74 Å². The van der Waals surface area contributed by atoms with E-state index >= 15 is 0 Å². The number of ether oxygens (including phenoxy) is 1. The Morgan fingerprint density at radius 3 is 1.88 bits per heavy atom. The Morgan fingerprint density at radius 2 is 1.35 bits per heavy atom. The molecular formula is C23H34N2O. The van der Waals surface area contributed by atoms with Gasteiger partial charge >= 0.3 is 0 Å². The van der Waals surface area contributed by atoms with E-state index in [4.69, 9.17) is 4.74 Å². The zero-order chi connectivity index (χ0) is 18.5. The molecule has 1 aromatic carbocycles. The second-order valence-corrected chi connectivity index (χ2v) is 7.05. The van der Waals surface area contributed by atoms with Crippen molar-refractivity contribution in [2.24, 2.45) is 0 Å². The third-order valence-electron chi connectivity index (χ3n) is 4.88. The molecule has 0 aliphatic carbocycles. The molecule has 3 heteroatoms. The van der Waals surface area contributed by atoms with Gasteiger partial charge in [-0.1, -0.05) is 64.7 Å². The van der Waals surface area contributed by atoms with E-state index in [9.17, 15) is 0 Å². The third-order valence-corrected chi connectivity index (χ3v) is 4.88. The molecule has 142 valence electrons. The molecule has 0 saturated carbocycles. The van der Waals surface area contributed by atoms with Crippen molar-refractivity contribution in [3.8, 4) is 17.0 Å². The van der Waals surface area contributed by atoms with Crippen molar-refractivity contribution in [1.82, 2.24) is 9.97 Å². The largest absolute Gasteiger partial charge is 0.497 e. The predicted octanol–water partition coefficient (Wildman–Crippen LogP) is 6.62. The Balaban J connectivity index is 1.60. The molecule has 0 spiro atoms. The van der Waals surface area contributed by atoms with Gasteiger partial charge in [0.25, 0.3) is 0 Å². The average molecular weight is 355 g/mol. The predicted molar refractivity (Wildman–Crippen MR) is 110 cm³/mol. The number of aromatic nitrogens is 2. The SMILES string of the molecule is CCCCCCCCCCCCc1cnc(-c2ccc(OC)cc2)cn1. The normalized spacial score (nSPS) is 10.8. The fraction of sp³-hybridized carbons (Fsp3) is 0.565. The lowest BCUT2D eigenvalue weighted by atomic mass is 10.1. The molecule has 0 bridgehead atoms. The Labute approximate surface area is 159 Å². The molecule has 26 heavy (non-hydrogen) atoms. The van der Waals surface area contributed by atoms with Crippen LogP contribution in [0.1, 0.15) is 76.8 Å². The summed E-state index contributed by atoms with van der Waals surface area (Å²) in [6.45, 7) is 2.27. The molecule has 0 fully saturated rings. The van der Waals surface area contributed by atoms with E-state index in [2.05, 4.69) is 16.9 Å². The van der Waals surface area contributed by atoms with Crippen molar-refractivity contribution in [3.05, 3.63) is 42.4 Å². The van der Waals surface area contributed by atoms with E-state index in [1.165, 1.54) is 64.2 Å². The lowest BCUT2D eigenvalue weighted by Crippen LogP contribution is -1.94. The van der Waals surface area contributed by atoms with Crippen LogP contribution in [0.4, 0.5) is 0 Å². The minimum absolute atomic E-state index is 0.860. The number of aryl methyl sites for hydroxylation is 1. The second-order valence-electron chi connectivity index (χ2n) is 7.05. The monoisotopic (exact) mass is 354 g/mol. The van der Waals surface area contributed by atoms with Crippen LogP contribution in [0.15, 0.2) is 36.7 Å². The second kappa shape index (κ2) is 12.5. The van der Waals surface area contributed by atoms with Gasteiger partial charge in [0.2, 0.25) is 0 Å². The smallest absolute Gasteiger partial charge is 0.118 e. The number of nitrogens with zero attached hydrogens (tertiary/aromatic N) is 2. The van der Waals surface area contributed by atoms with Gasteiger partial charge in [0.1, 0.15) is 5.75 Å². The number of hydrogen-bond donors (Lipinski definition) is 0. The van der Waals surface area contributed by atoms with Gasteiger partial charge in [-0.3, -0.25) is 9.97 Å². The molecule has 2 rings (SSSR count). The fourth-order valence-electron chi connectivity index (χ4n) is 3.19. The van der Waals surface area contributed by atoms with Crippen molar-refractivity contribution >= 4 is 0 Å². The first-order chi connectivity index (χ1) is 12.8. The summed E-state index contributed by atoms with van der Waals surface area (Å²) < 4.78 is 5.19. The molecule has 2 aromatic rings. The third kappa shape index (κ3) is 7.55. The van der Waals surface area contributed by atoms with Crippen LogP contribution in [-0.2, 0) is 6.42 Å². The highest BCUT2D eigenvalue weighted by Gasteiger charge is 2.02. The van der Waals surface area contributed by atoms with Crippen molar-refractivity contribution in [2.45, 2.75) is 77.6 Å². The van der Waals surface area contributed by atoms with Crippen molar-refractivity contribution in [2.75, 3.05) is 7.11 Å². The summed E-state index contributed by atoms with van der Waals surface area (Å²) >= 11 is 0. The zero-order valence-corrected chi connectivity index (χ0v) is 16.5. The minimum atomic E-state index is 0.860. The highest BCUT2D eigenvalue weighted by Crippen LogP contribution is 2.20. The topological polar surface area (TPSA) is 35.0 Å². The molecule has 0 N–H and O–H groups in total. The summed E-state index contributed by atoms with van der Waals surface area (Å²) in [5.41, 5.74) is 3.09. The lowest BCUT2D eigenvalue weighted by molar-refractivity contribution is 0.415. The summed E-state index contributed by atoms with van der Waals surface area (Å²) in [6, 6.07) is 7.94. The highest BCUT2D eigenvalue weighted by atomic mass is 16.5. The maximum atomic E-state index is 5.19. The lowest BCUT2D eigenvalue weighted by Gasteiger charge is -2.05. The molecule has 0 saturated heterocycles. The van der Waals surface area contributed by atoms with E-state index in [0.29, 0.717) is 0 Å². The molecular weight excluding hydrogens is 320 g/mol. The molecule has 1 aromatic heterocycles. The number of rotatable bonds is 13. The molecule has 0 aliphatic heterocycles. The Kier molecular flexibility index (Phi) is 9.78. The van der Waals surface area contributed by atoms with Crippen molar-refractivity contribution < 1.29 is 4.74 Å². The first-order valence-corrected chi connectivity index (χ1v) is 10.3. The number of methoxy groups -OCH3 is 1. The van der Waals surface area contributed by atoms with E-state index in [-0.39, 0.29) is 0 Å². The highest BCUT2D eigenvalue weighted by molar-refractivity contribution is 5.58. The molecule has 0 atom stereocenters. The van der Waals surface area contributed by atoms with Gasteiger partial charge in [-0.2, -0.15) is 0 Å². The number of benzene rings is 1. The van der Waals surface area contributed by atoms with Gasteiger partial charge in [0.05, 0.1) is 24.7 Å². The Morgan fingerprint density at radius 1 is 0.731 bits per heavy atom. The van der Waals surface area contributed by atoms with Crippen LogP contribution in [0.3, 0.4) is 0 Å². The summed E-state index contributed by atoms with van der Waals surface area (Å²) in [4.78, 5) is 9.14. The summed E-state index contributed by atoms with van der Waals surface area (Å²) in [6.07, 6.45) is 18.5. The Bertz CT molecular complexity index is 593. The molecule has 0 amide bonds. The zero-order valence-electron chi connectivity index (χ0n) is 16.5. The summed E-state index contributed by atoms with van der Waals surface area (Å²) in [7, 11) is 1.68. The van der Waals surface area contributed by atoms with Gasteiger partial charge < -0.3 is 4.74 Å². The van der Waals surface area contributed by atoms with Gasteiger partial charge in [0.15, 0.2) is 0 Å². The van der Waals surface area contributed by atoms with Crippen LogP contribution >= 0.6 is 0 Å². The molecule has 3 nitrogen and oxygen atoms in total. The molecule has 0 radical (unpaired) electrons. The molecule has 0 unspecified atom stereocenters. The van der Waals surface area contributed by atoms with Crippen molar-refractivity contribution in [1.29, 1.82) is 0 Å². The fourth-order valence-corrected chi connectivity index (χ4v) is 3.19.